The van der Waals surface area contributed by atoms with Crippen molar-refractivity contribution < 1.29 is 0 Å². The molecule has 0 bridgehead atoms. The lowest BCUT2D eigenvalue weighted by atomic mass is 10.1. The Kier molecular flexibility index (Phi) is 7.11. The van der Waals surface area contributed by atoms with Crippen molar-refractivity contribution in [3.63, 3.8) is 0 Å². The molecule has 0 amide bonds. The summed E-state index contributed by atoms with van der Waals surface area (Å²) < 4.78 is 0. The van der Waals surface area contributed by atoms with Crippen molar-refractivity contribution in [3.05, 3.63) is 0 Å². The van der Waals surface area contributed by atoms with Gasteiger partial charge in [-0.3, -0.25) is 0 Å². The molecule has 0 aromatic heterocycles. The Bertz CT molecular complexity index is 169. The number of rotatable bonds is 7. The van der Waals surface area contributed by atoms with Gasteiger partial charge in [-0.15, -0.1) is 0 Å². The van der Waals surface area contributed by atoms with E-state index in [0.29, 0.717) is 11.0 Å². The van der Waals surface area contributed by atoms with E-state index in [0.717, 1.165) is 25.3 Å². The van der Waals surface area contributed by atoms with Gasteiger partial charge in [0.2, 0.25) is 0 Å². The lowest BCUT2D eigenvalue weighted by molar-refractivity contribution is 0.228. The Balaban J connectivity index is 3.90. The van der Waals surface area contributed by atoms with Crippen LogP contribution in [-0.2, 0) is 0 Å². The minimum absolute atomic E-state index is 0.520. The minimum atomic E-state index is 0.520. The molecule has 0 heterocycles. The first-order valence-corrected chi connectivity index (χ1v) is 5.86. The summed E-state index contributed by atoms with van der Waals surface area (Å²) in [5.41, 5.74) is 5.57. The maximum absolute atomic E-state index is 5.57. The SMILES string of the molecule is CCC(CC(N)=S)N(C)CCC(C)C. The summed E-state index contributed by atoms with van der Waals surface area (Å²) in [6.45, 7) is 7.83. The highest BCUT2D eigenvalue weighted by atomic mass is 32.1. The van der Waals surface area contributed by atoms with E-state index in [9.17, 15) is 0 Å². The van der Waals surface area contributed by atoms with Gasteiger partial charge in [0.25, 0.3) is 0 Å². The molecular weight excluding hydrogens is 192 g/mol. The molecule has 0 aromatic carbocycles. The van der Waals surface area contributed by atoms with Gasteiger partial charge < -0.3 is 10.6 Å². The zero-order valence-corrected chi connectivity index (χ0v) is 10.7. The second-order valence-electron chi connectivity index (χ2n) is 4.40. The van der Waals surface area contributed by atoms with Gasteiger partial charge in [0.1, 0.15) is 0 Å². The van der Waals surface area contributed by atoms with Gasteiger partial charge in [0.05, 0.1) is 4.99 Å². The number of nitrogens with zero attached hydrogens (tertiary/aromatic N) is 1. The molecule has 0 saturated heterocycles. The van der Waals surface area contributed by atoms with Crippen LogP contribution in [0, 0.1) is 5.92 Å². The fourth-order valence-corrected chi connectivity index (χ4v) is 1.68. The third-order valence-electron chi connectivity index (χ3n) is 2.59. The molecule has 0 aliphatic rings. The predicted molar refractivity (Wildman–Crippen MR) is 67.6 cm³/mol. The Hall–Kier alpha value is -0.150. The first-order chi connectivity index (χ1) is 6.47. The van der Waals surface area contributed by atoms with E-state index in [1.165, 1.54) is 6.42 Å². The number of hydrogen-bond donors (Lipinski definition) is 1. The quantitative estimate of drug-likeness (QED) is 0.663. The third kappa shape index (κ3) is 6.33. The smallest absolute Gasteiger partial charge is 0.0743 e. The number of hydrogen-bond acceptors (Lipinski definition) is 2. The average molecular weight is 216 g/mol. The van der Waals surface area contributed by atoms with E-state index < -0.39 is 0 Å². The number of thiocarbonyl (C=S) groups is 1. The van der Waals surface area contributed by atoms with E-state index in [1.54, 1.807) is 0 Å². The van der Waals surface area contributed by atoms with Crippen LogP contribution in [0.4, 0.5) is 0 Å². The lowest BCUT2D eigenvalue weighted by Gasteiger charge is -2.27. The van der Waals surface area contributed by atoms with Crippen molar-refractivity contribution in [2.75, 3.05) is 13.6 Å². The Labute approximate surface area is 93.8 Å². The highest BCUT2D eigenvalue weighted by Crippen LogP contribution is 2.09. The van der Waals surface area contributed by atoms with Crippen LogP contribution in [0.3, 0.4) is 0 Å². The normalized spacial score (nSPS) is 13.6. The van der Waals surface area contributed by atoms with Gasteiger partial charge >= 0.3 is 0 Å². The highest BCUT2D eigenvalue weighted by molar-refractivity contribution is 7.80. The molecule has 0 saturated carbocycles. The Morgan fingerprint density at radius 2 is 2.00 bits per heavy atom. The van der Waals surface area contributed by atoms with Crippen LogP contribution in [0.15, 0.2) is 0 Å². The van der Waals surface area contributed by atoms with Crippen molar-refractivity contribution >= 4 is 17.2 Å². The third-order valence-corrected chi connectivity index (χ3v) is 2.76. The summed E-state index contributed by atoms with van der Waals surface area (Å²) >= 11 is 4.94. The van der Waals surface area contributed by atoms with Crippen LogP contribution in [0.5, 0.6) is 0 Å². The number of nitrogens with two attached hydrogens (primary N) is 1. The molecule has 14 heavy (non-hydrogen) atoms. The monoisotopic (exact) mass is 216 g/mol. The second kappa shape index (κ2) is 7.18. The molecule has 0 aromatic rings. The van der Waals surface area contributed by atoms with E-state index in [4.69, 9.17) is 18.0 Å². The Morgan fingerprint density at radius 3 is 2.36 bits per heavy atom. The molecule has 3 heteroatoms. The standard InChI is InChI=1S/C11H24N2S/c1-5-10(8-11(12)14)13(4)7-6-9(2)3/h9-10H,5-8H2,1-4H3,(H2,12,14). The lowest BCUT2D eigenvalue weighted by Crippen LogP contribution is -2.35. The van der Waals surface area contributed by atoms with Gasteiger partial charge in [-0.25, -0.2) is 0 Å². The summed E-state index contributed by atoms with van der Waals surface area (Å²) in [5.74, 6) is 0.764. The van der Waals surface area contributed by atoms with E-state index in [2.05, 4.69) is 32.7 Å². The fraction of sp³-hybridized carbons (Fsp3) is 0.909. The van der Waals surface area contributed by atoms with Gasteiger partial charge in [-0.05, 0) is 32.4 Å². The average Bonchev–Trinajstić information content (AvgIpc) is 2.09. The van der Waals surface area contributed by atoms with Crippen molar-refractivity contribution in [1.29, 1.82) is 0 Å². The fourth-order valence-electron chi connectivity index (χ4n) is 1.49. The zero-order chi connectivity index (χ0) is 11.1. The highest BCUT2D eigenvalue weighted by Gasteiger charge is 2.13. The maximum Gasteiger partial charge on any atom is 0.0743 e. The minimum Gasteiger partial charge on any atom is -0.393 e. The van der Waals surface area contributed by atoms with Crippen LogP contribution in [0.2, 0.25) is 0 Å². The summed E-state index contributed by atoms with van der Waals surface area (Å²) in [7, 11) is 2.16. The van der Waals surface area contributed by atoms with Gasteiger partial charge in [-0.1, -0.05) is 33.0 Å². The molecule has 2 N–H and O–H groups in total. The van der Waals surface area contributed by atoms with Crippen molar-refractivity contribution in [1.82, 2.24) is 4.90 Å². The molecule has 0 rings (SSSR count). The molecule has 0 radical (unpaired) electrons. The van der Waals surface area contributed by atoms with Crippen molar-refractivity contribution in [2.24, 2.45) is 11.7 Å². The molecule has 0 spiro atoms. The second-order valence-corrected chi connectivity index (χ2v) is 4.92. The molecule has 0 fully saturated rings. The van der Waals surface area contributed by atoms with E-state index >= 15 is 0 Å². The van der Waals surface area contributed by atoms with Crippen molar-refractivity contribution in [3.8, 4) is 0 Å². The molecule has 1 unspecified atom stereocenters. The van der Waals surface area contributed by atoms with Crippen LogP contribution >= 0.6 is 12.2 Å². The summed E-state index contributed by atoms with van der Waals surface area (Å²) in [6.07, 6.45) is 3.21. The van der Waals surface area contributed by atoms with Crippen LogP contribution < -0.4 is 5.73 Å². The van der Waals surface area contributed by atoms with E-state index in [-0.39, 0.29) is 0 Å². The molecule has 0 aliphatic carbocycles. The maximum atomic E-state index is 5.57. The summed E-state index contributed by atoms with van der Waals surface area (Å²) in [6, 6.07) is 0.520. The predicted octanol–water partition coefficient (Wildman–Crippen LogP) is 2.42. The summed E-state index contributed by atoms with van der Waals surface area (Å²) in [5, 5.41) is 0. The molecule has 84 valence electrons. The van der Waals surface area contributed by atoms with Gasteiger partial charge in [0.15, 0.2) is 0 Å². The van der Waals surface area contributed by atoms with Gasteiger partial charge in [-0.2, -0.15) is 0 Å². The van der Waals surface area contributed by atoms with Gasteiger partial charge in [0, 0.05) is 12.5 Å². The van der Waals surface area contributed by atoms with Crippen LogP contribution in [0.1, 0.15) is 40.0 Å². The first kappa shape index (κ1) is 13.8. The zero-order valence-electron chi connectivity index (χ0n) is 9.92. The largest absolute Gasteiger partial charge is 0.393 e. The molecule has 0 aliphatic heterocycles. The Morgan fingerprint density at radius 1 is 1.43 bits per heavy atom. The molecular formula is C11H24N2S. The summed E-state index contributed by atoms with van der Waals surface area (Å²) in [4.78, 5) is 3.01. The molecule has 1 atom stereocenters. The van der Waals surface area contributed by atoms with Crippen molar-refractivity contribution in [2.45, 2.75) is 46.1 Å². The topological polar surface area (TPSA) is 29.3 Å². The van der Waals surface area contributed by atoms with E-state index in [1.807, 2.05) is 0 Å². The van der Waals surface area contributed by atoms with Crippen LogP contribution in [0.25, 0.3) is 0 Å². The van der Waals surface area contributed by atoms with Crippen LogP contribution in [-0.4, -0.2) is 29.5 Å². The first-order valence-electron chi connectivity index (χ1n) is 5.45. The molecule has 2 nitrogen and oxygen atoms in total.